The number of hydrogen-bond acceptors (Lipinski definition) is 3. The van der Waals surface area contributed by atoms with Gasteiger partial charge < -0.3 is 14.4 Å². The second-order valence-electron chi connectivity index (χ2n) is 6.80. The Hall–Kier alpha value is -1.85. The molecule has 23 heavy (non-hydrogen) atoms. The maximum absolute atomic E-state index is 12.5. The molecule has 2 fully saturated rings. The van der Waals surface area contributed by atoms with Gasteiger partial charge in [0, 0.05) is 45.2 Å². The van der Waals surface area contributed by atoms with Crippen LogP contribution in [0.15, 0.2) is 6.20 Å². The highest BCUT2D eigenvalue weighted by Crippen LogP contribution is 2.26. The number of nitrogens with zero attached hydrogens (tertiary/aromatic N) is 4. The Morgan fingerprint density at radius 2 is 2.13 bits per heavy atom. The quantitative estimate of drug-likeness (QED) is 0.847. The standard InChI is InChI=1S/C17H26N4O2/c1-13-10-19(2)17(18-13)14-7-9-21(11-14)16(23)12-20-8-5-3-4-6-15(20)22/h10,14H,3-9,11-12H2,1-2H3/t14-/m1/s1. The Balaban J connectivity index is 1.59. The Morgan fingerprint density at radius 3 is 2.87 bits per heavy atom. The molecule has 3 heterocycles. The van der Waals surface area contributed by atoms with E-state index >= 15 is 0 Å². The second-order valence-corrected chi connectivity index (χ2v) is 6.80. The van der Waals surface area contributed by atoms with E-state index in [1.165, 1.54) is 0 Å². The van der Waals surface area contributed by atoms with Gasteiger partial charge in [-0.05, 0) is 26.2 Å². The van der Waals surface area contributed by atoms with Gasteiger partial charge in [0.15, 0.2) is 0 Å². The van der Waals surface area contributed by atoms with Crippen molar-refractivity contribution >= 4 is 11.8 Å². The van der Waals surface area contributed by atoms with E-state index in [9.17, 15) is 9.59 Å². The average Bonchev–Trinajstić information content (AvgIpc) is 3.06. The van der Waals surface area contributed by atoms with E-state index in [-0.39, 0.29) is 18.4 Å². The van der Waals surface area contributed by atoms with E-state index in [4.69, 9.17) is 0 Å². The molecule has 0 saturated carbocycles. The third kappa shape index (κ3) is 3.57. The number of aryl methyl sites for hydroxylation is 2. The molecule has 1 atom stereocenters. The summed E-state index contributed by atoms with van der Waals surface area (Å²) in [6.45, 7) is 4.43. The van der Waals surface area contributed by atoms with Crippen molar-refractivity contribution in [1.82, 2.24) is 19.4 Å². The number of imidazole rings is 1. The normalized spacial score (nSPS) is 22.5. The van der Waals surface area contributed by atoms with Crippen LogP contribution in [0.1, 0.15) is 49.5 Å². The zero-order valence-corrected chi connectivity index (χ0v) is 14.1. The number of amides is 2. The minimum atomic E-state index is 0.0775. The van der Waals surface area contributed by atoms with Crippen molar-refractivity contribution in [3.63, 3.8) is 0 Å². The number of carbonyl (C=O) groups excluding carboxylic acids is 2. The SMILES string of the molecule is Cc1cn(C)c([C@@H]2CCN(C(=O)CN3CCCCCC3=O)C2)n1. The third-order valence-corrected chi connectivity index (χ3v) is 4.94. The predicted molar refractivity (Wildman–Crippen MR) is 86.9 cm³/mol. The summed E-state index contributed by atoms with van der Waals surface area (Å²) in [5.41, 5.74) is 1.02. The molecule has 0 spiro atoms. The van der Waals surface area contributed by atoms with Crippen molar-refractivity contribution < 1.29 is 9.59 Å². The van der Waals surface area contributed by atoms with Crippen molar-refractivity contribution in [3.8, 4) is 0 Å². The summed E-state index contributed by atoms with van der Waals surface area (Å²) >= 11 is 0. The fourth-order valence-electron chi connectivity index (χ4n) is 3.68. The molecule has 2 aliphatic rings. The van der Waals surface area contributed by atoms with E-state index in [1.54, 1.807) is 4.90 Å². The van der Waals surface area contributed by atoms with Crippen LogP contribution in [-0.4, -0.2) is 57.3 Å². The van der Waals surface area contributed by atoms with Gasteiger partial charge in [0.05, 0.1) is 12.2 Å². The van der Waals surface area contributed by atoms with Crippen LogP contribution in [0.5, 0.6) is 0 Å². The fourth-order valence-corrected chi connectivity index (χ4v) is 3.68. The molecular formula is C17H26N4O2. The molecule has 0 N–H and O–H groups in total. The van der Waals surface area contributed by atoms with E-state index in [1.807, 2.05) is 25.1 Å². The molecule has 126 valence electrons. The van der Waals surface area contributed by atoms with Crippen LogP contribution < -0.4 is 0 Å². The lowest BCUT2D eigenvalue weighted by Crippen LogP contribution is -2.41. The summed E-state index contributed by atoms with van der Waals surface area (Å²) in [4.78, 5) is 32.8. The van der Waals surface area contributed by atoms with E-state index < -0.39 is 0 Å². The Bertz CT molecular complexity index is 595. The van der Waals surface area contributed by atoms with Crippen molar-refractivity contribution in [1.29, 1.82) is 0 Å². The minimum Gasteiger partial charge on any atom is -0.340 e. The number of carbonyl (C=O) groups is 2. The Kier molecular flexibility index (Phi) is 4.68. The number of hydrogen-bond donors (Lipinski definition) is 0. The molecule has 2 saturated heterocycles. The van der Waals surface area contributed by atoms with Crippen molar-refractivity contribution in [2.45, 2.75) is 44.9 Å². The molecule has 0 aliphatic carbocycles. The van der Waals surface area contributed by atoms with E-state index in [0.29, 0.717) is 18.9 Å². The molecule has 0 bridgehead atoms. The van der Waals surface area contributed by atoms with Gasteiger partial charge in [-0.2, -0.15) is 0 Å². The summed E-state index contributed by atoms with van der Waals surface area (Å²) in [6, 6.07) is 0. The highest BCUT2D eigenvalue weighted by molar-refractivity contribution is 5.85. The van der Waals surface area contributed by atoms with Crippen LogP contribution in [-0.2, 0) is 16.6 Å². The molecular weight excluding hydrogens is 292 g/mol. The monoisotopic (exact) mass is 318 g/mol. The van der Waals surface area contributed by atoms with Gasteiger partial charge in [-0.15, -0.1) is 0 Å². The lowest BCUT2D eigenvalue weighted by molar-refractivity contribution is -0.139. The molecule has 0 aromatic carbocycles. The maximum atomic E-state index is 12.5. The summed E-state index contributed by atoms with van der Waals surface area (Å²) in [6.07, 6.45) is 6.60. The van der Waals surface area contributed by atoms with E-state index in [0.717, 1.165) is 50.3 Å². The van der Waals surface area contributed by atoms with Crippen LogP contribution in [0.3, 0.4) is 0 Å². The van der Waals surface area contributed by atoms with Gasteiger partial charge in [-0.3, -0.25) is 9.59 Å². The van der Waals surface area contributed by atoms with Crippen molar-refractivity contribution in [2.75, 3.05) is 26.2 Å². The maximum Gasteiger partial charge on any atom is 0.242 e. The second kappa shape index (κ2) is 6.72. The largest absolute Gasteiger partial charge is 0.340 e. The number of likely N-dealkylation sites (tertiary alicyclic amines) is 2. The fraction of sp³-hybridized carbons (Fsp3) is 0.706. The highest BCUT2D eigenvalue weighted by atomic mass is 16.2. The topological polar surface area (TPSA) is 58.4 Å². The van der Waals surface area contributed by atoms with Crippen LogP contribution >= 0.6 is 0 Å². The first kappa shape index (κ1) is 16.0. The Labute approximate surface area is 137 Å². The summed E-state index contributed by atoms with van der Waals surface area (Å²) in [5, 5.41) is 0. The van der Waals surface area contributed by atoms with Gasteiger partial charge in [0.25, 0.3) is 0 Å². The zero-order chi connectivity index (χ0) is 16.4. The zero-order valence-electron chi connectivity index (χ0n) is 14.1. The molecule has 6 heteroatoms. The first-order chi connectivity index (χ1) is 11.0. The molecule has 2 aliphatic heterocycles. The first-order valence-corrected chi connectivity index (χ1v) is 8.60. The van der Waals surface area contributed by atoms with Crippen molar-refractivity contribution in [3.05, 3.63) is 17.7 Å². The molecule has 0 radical (unpaired) electrons. The molecule has 0 unspecified atom stereocenters. The smallest absolute Gasteiger partial charge is 0.242 e. The van der Waals surface area contributed by atoms with Gasteiger partial charge in [-0.1, -0.05) is 6.42 Å². The van der Waals surface area contributed by atoms with Crippen LogP contribution in [0.25, 0.3) is 0 Å². The average molecular weight is 318 g/mol. The summed E-state index contributed by atoms with van der Waals surface area (Å²) in [5.74, 6) is 1.57. The third-order valence-electron chi connectivity index (χ3n) is 4.94. The van der Waals surface area contributed by atoms with Crippen LogP contribution in [0.2, 0.25) is 0 Å². The molecule has 1 aromatic heterocycles. The minimum absolute atomic E-state index is 0.0775. The van der Waals surface area contributed by atoms with Gasteiger partial charge in [0.1, 0.15) is 5.82 Å². The molecule has 3 rings (SSSR count). The molecule has 6 nitrogen and oxygen atoms in total. The molecule has 1 aromatic rings. The first-order valence-electron chi connectivity index (χ1n) is 8.60. The van der Waals surface area contributed by atoms with Gasteiger partial charge in [-0.25, -0.2) is 4.98 Å². The molecule has 2 amide bonds. The van der Waals surface area contributed by atoms with Crippen LogP contribution in [0.4, 0.5) is 0 Å². The number of aromatic nitrogens is 2. The predicted octanol–water partition coefficient (Wildman–Crippen LogP) is 1.45. The lowest BCUT2D eigenvalue weighted by atomic mass is 10.1. The van der Waals surface area contributed by atoms with E-state index in [2.05, 4.69) is 9.55 Å². The summed E-state index contributed by atoms with van der Waals surface area (Å²) < 4.78 is 2.06. The lowest BCUT2D eigenvalue weighted by Gasteiger charge is -2.24. The van der Waals surface area contributed by atoms with Gasteiger partial charge >= 0.3 is 0 Å². The number of rotatable bonds is 3. The van der Waals surface area contributed by atoms with Crippen molar-refractivity contribution in [2.24, 2.45) is 7.05 Å². The van der Waals surface area contributed by atoms with Gasteiger partial charge in [0.2, 0.25) is 11.8 Å². The van der Waals surface area contributed by atoms with Crippen LogP contribution in [0, 0.1) is 6.92 Å². The highest BCUT2D eigenvalue weighted by Gasteiger charge is 2.31. The summed E-state index contributed by atoms with van der Waals surface area (Å²) in [7, 11) is 2.01. The Morgan fingerprint density at radius 1 is 1.30 bits per heavy atom.